The molecule has 2 amide bonds. The number of anilines is 1. The van der Waals surface area contributed by atoms with Crippen LogP contribution in [0.2, 0.25) is 0 Å². The molecule has 0 aliphatic carbocycles. The number of fused-ring (bicyclic) bond motifs is 3. The van der Waals surface area contributed by atoms with Gasteiger partial charge < -0.3 is 24.3 Å². The second kappa shape index (κ2) is 7.81. The Kier molecular flexibility index (Phi) is 5.59. The van der Waals surface area contributed by atoms with E-state index in [9.17, 15) is 14.4 Å². The van der Waals surface area contributed by atoms with Gasteiger partial charge in [0.15, 0.2) is 11.5 Å². The maximum atomic E-state index is 13.3. The number of methoxy groups -OCH3 is 1. The molecule has 0 saturated heterocycles. The van der Waals surface area contributed by atoms with Gasteiger partial charge in [-0.1, -0.05) is 6.92 Å². The van der Waals surface area contributed by atoms with Gasteiger partial charge in [0.2, 0.25) is 6.79 Å². The van der Waals surface area contributed by atoms with Gasteiger partial charge in [0.1, 0.15) is 17.7 Å². The van der Waals surface area contributed by atoms with Gasteiger partial charge in [0, 0.05) is 12.0 Å². The standard InChI is InChI=1S/C20H26N2O7/c1-6-12(21-19(25)29-20(2,3)4)17(23)22-13-7-8-15-16(28-10-27-15)11(13)9-14(22)18(24)26-5/h7-8,12,14H,6,9-10H2,1-5H3,(H,21,25)/t12-,14+/m0/s1. The van der Waals surface area contributed by atoms with Crippen molar-refractivity contribution in [3.63, 3.8) is 0 Å². The number of ether oxygens (including phenoxy) is 4. The molecule has 0 unspecified atom stereocenters. The molecular weight excluding hydrogens is 380 g/mol. The Balaban J connectivity index is 1.90. The summed E-state index contributed by atoms with van der Waals surface area (Å²) in [6.07, 6.45) is -0.136. The third-order valence-corrected chi connectivity index (χ3v) is 4.69. The first-order valence-corrected chi connectivity index (χ1v) is 9.48. The maximum Gasteiger partial charge on any atom is 0.408 e. The predicted octanol–water partition coefficient (Wildman–Crippen LogP) is 2.15. The number of nitrogens with one attached hydrogen (secondary N) is 1. The van der Waals surface area contributed by atoms with E-state index in [0.717, 1.165) is 0 Å². The summed E-state index contributed by atoms with van der Waals surface area (Å²) in [5.74, 6) is 0.126. The quantitative estimate of drug-likeness (QED) is 0.764. The van der Waals surface area contributed by atoms with Crippen molar-refractivity contribution in [1.29, 1.82) is 0 Å². The summed E-state index contributed by atoms with van der Waals surface area (Å²) in [6.45, 7) is 7.07. The zero-order valence-corrected chi connectivity index (χ0v) is 17.2. The van der Waals surface area contributed by atoms with Gasteiger partial charge in [0.05, 0.1) is 12.8 Å². The van der Waals surface area contributed by atoms with Crippen molar-refractivity contribution in [3.8, 4) is 11.5 Å². The van der Waals surface area contributed by atoms with E-state index in [1.54, 1.807) is 39.8 Å². The number of hydrogen-bond donors (Lipinski definition) is 1. The molecule has 1 aromatic carbocycles. The monoisotopic (exact) mass is 406 g/mol. The molecule has 0 aromatic heterocycles. The van der Waals surface area contributed by atoms with Gasteiger partial charge in [-0.25, -0.2) is 9.59 Å². The number of hydrogen-bond acceptors (Lipinski definition) is 7. The lowest BCUT2D eigenvalue weighted by atomic mass is 10.1. The largest absolute Gasteiger partial charge is 0.467 e. The van der Waals surface area contributed by atoms with Crippen LogP contribution < -0.4 is 19.7 Å². The fourth-order valence-electron chi connectivity index (χ4n) is 3.45. The van der Waals surface area contributed by atoms with Crippen molar-refractivity contribution in [2.24, 2.45) is 0 Å². The van der Waals surface area contributed by atoms with Crippen molar-refractivity contribution in [1.82, 2.24) is 5.32 Å². The van der Waals surface area contributed by atoms with E-state index in [4.69, 9.17) is 18.9 Å². The first kappa shape index (κ1) is 20.8. The second-order valence-electron chi connectivity index (χ2n) is 7.86. The Morgan fingerprint density at radius 3 is 2.62 bits per heavy atom. The molecule has 9 nitrogen and oxygen atoms in total. The van der Waals surface area contributed by atoms with Gasteiger partial charge in [-0.05, 0) is 39.3 Å². The fraction of sp³-hybridized carbons (Fsp3) is 0.550. The molecule has 2 aliphatic heterocycles. The zero-order valence-electron chi connectivity index (χ0n) is 17.2. The number of esters is 1. The number of alkyl carbamates (subject to hydrolysis) is 1. The molecule has 0 saturated carbocycles. The molecule has 2 heterocycles. The lowest BCUT2D eigenvalue weighted by Crippen LogP contribution is -2.53. The molecule has 1 N–H and O–H groups in total. The van der Waals surface area contributed by atoms with Gasteiger partial charge in [0.25, 0.3) is 5.91 Å². The summed E-state index contributed by atoms with van der Waals surface area (Å²) in [5.41, 5.74) is 0.549. The minimum Gasteiger partial charge on any atom is -0.467 e. The van der Waals surface area contributed by atoms with E-state index >= 15 is 0 Å². The highest BCUT2D eigenvalue weighted by Crippen LogP contribution is 2.46. The van der Waals surface area contributed by atoms with Crippen molar-refractivity contribution in [2.75, 3.05) is 18.8 Å². The SMILES string of the molecule is CC[C@H](NC(=O)OC(C)(C)C)C(=O)N1c2ccc3c(c2C[C@@H]1C(=O)OC)OCO3. The van der Waals surface area contributed by atoms with Crippen LogP contribution in [0.1, 0.15) is 39.7 Å². The Labute approximate surface area is 169 Å². The van der Waals surface area contributed by atoms with Gasteiger partial charge in [-0.3, -0.25) is 9.69 Å². The molecule has 29 heavy (non-hydrogen) atoms. The molecule has 0 radical (unpaired) electrons. The van der Waals surface area contributed by atoms with Crippen LogP contribution in [0.15, 0.2) is 12.1 Å². The van der Waals surface area contributed by atoms with E-state index in [-0.39, 0.29) is 13.2 Å². The molecule has 2 aliphatic rings. The molecule has 9 heteroatoms. The fourth-order valence-corrected chi connectivity index (χ4v) is 3.45. The van der Waals surface area contributed by atoms with E-state index in [2.05, 4.69) is 5.32 Å². The van der Waals surface area contributed by atoms with Crippen LogP contribution in [0.25, 0.3) is 0 Å². The van der Waals surface area contributed by atoms with Crippen LogP contribution >= 0.6 is 0 Å². The Hall–Kier alpha value is -2.97. The third kappa shape index (κ3) is 4.08. The summed E-state index contributed by atoms with van der Waals surface area (Å²) in [4.78, 5) is 39.3. The molecule has 2 atom stereocenters. The van der Waals surface area contributed by atoms with E-state index in [1.165, 1.54) is 12.0 Å². The Bertz CT molecular complexity index is 831. The van der Waals surface area contributed by atoms with Crippen LogP contribution in [-0.4, -0.2) is 49.6 Å². The number of carbonyl (C=O) groups is 3. The van der Waals surface area contributed by atoms with Crippen molar-refractivity contribution < 1.29 is 33.3 Å². The van der Waals surface area contributed by atoms with E-state index in [1.807, 2.05) is 0 Å². The molecule has 3 rings (SSSR count). The molecule has 0 bridgehead atoms. The summed E-state index contributed by atoms with van der Waals surface area (Å²) >= 11 is 0. The van der Waals surface area contributed by atoms with Crippen LogP contribution in [0.5, 0.6) is 11.5 Å². The van der Waals surface area contributed by atoms with Gasteiger partial charge in [-0.15, -0.1) is 0 Å². The van der Waals surface area contributed by atoms with E-state index < -0.39 is 35.7 Å². The summed E-state index contributed by atoms with van der Waals surface area (Å²) < 4.78 is 21.1. The number of amides is 2. The Morgan fingerprint density at radius 2 is 2.00 bits per heavy atom. The summed E-state index contributed by atoms with van der Waals surface area (Å²) in [5, 5.41) is 2.60. The van der Waals surface area contributed by atoms with Crippen LogP contribution in [0.3, 0.4) is 0 Å². The summed E-state index contributed by atoms with van der Waals surface area (Å²) in [7, 11) is 1.27. The van der Waals surface area contributed by atoms with Crippen LogP contribution in [-0.2, 0) is 25.5 Å². The predicted molar refractivity (Wildman–Crippen MR) is 103 cm³/mol. The van der Waals surface area contributed by atoms with Crippen LogP contribution in [0.4, 0.5) is 10.5 Å². The summed E-state index contributed by atoms with van der Waals surface area (Å²) in [6, 6.07) is 1.69. The third-order valence-electron chi connectivity index (χ3n) is 4.69. The minimum atomic E-state index is -0.867. The van der Waals surface area contributed by atoms with Crippen molar-refractivity contribution >= 4 is 23.7 Å². The van der Waals surface area contributed by atoms with Crippen LogP contribution in [0, 0.1) is 0 Å². The number of carbonyl (C=O) groups excluding carboxylic acids is 3. The van der Waals surface area contributed by atoms with Gasteiger partial charge >= 0.3 is 12.1 Å². The molecule has 158 valence electrons. The Morgan fingerprint density at radius 1 is 1.28 bits per heavy atom. The average Bonchev–Trinajstić information content (AvgIpc) is 3.27. The minimum absolute atomic E-state index is 0.0837. The molecule has 1 aromatic rings. The molecule has 0 fully saturated rings. The lowest BCUT2D eigenvalue weighted by molar-refractivity contribution is -0.143. The first-order valence-electron chi connectivity index (χ1n) is 9.48. The normalized spacial score (nSPS) is 18.1. The number of nitrogens with zero attached hydrogens (tertiary/aromatic N) is 1. The zero-order chi connectivity index (χ0) is 21.3. The molecule has 0 spiro atoms. The van der Waals surface area contributed by atoms with E-state index in [0.29, 0.717) is 29.2 Å². The smallest absolute Gasteiger partial charge is 0.408 e. The highest BCUT2D eigenvalue weighted by molar-refractivity contribution is 6.06. The topological polar surface area (TPSA) is 103 Å². The highest BCUT2D eigenvalue weighted by Gasteiger charge is 2.44. The number of rotatable bonds is 4. The van der Waals surface area contributed by atoms with Crippen molar-refractivity contribution in [2.45, 2.75) is 58.2 Å². The second-order valence-corrected chi connectivity index (χ2v) is 7.86. The highest BCUT2D eigenvalue weighted by atomic mass is 16.7. The number of benzene rings is 1. The van der Waals surface area contributed by atoms with Crippen molar-refractivity contribution in [3.05, 3.63) is 17.7 Å². The first-order chi connectivity index (χ1) is 13.7. The lowest BCUT2D eigenvalue weighted by Gasteiger charge is -2.29. The van der Waals surface area contributed by atoms with Gasteiger partial charge in [-0.2, -0.15) is 0 Å². The molecular formula is C20H26N2O7. The average molecular weight is 406 g/mol. The maximum absolute atomic E-state index is 13.3.